The molecule has 24 heavy (non-hydrogen) atoms. The highest BCUT2D eigenvalue weighted by Crippen LogP contribution is 2.20. The number of aryl methyl sites for hydroxylation is 1. The fourth-order valence-electron chi connectivity index (χ4n) is 3.40. The molecule has 2 aliphatic heterocycles. The summed E-state index contributed by atoms with van der Waals surface area (Å²) in [5, 5.41) is 4.67. The second-order valence-corrected chi connectivity index (χ2v) is 9.66. The summed E-state index contributed by atoms with van der Waals surface area (Å²) in [5.41, 5.74) is 1.93. The van der Waals surface area contributed by atoms with E-state index in [0.29, 0.717) is 16.6 Å². The number of hydrogen-bond acceptors (Lipinski definition) is 3. The first-order valence-corrected chi connectivity index (χ1v) is 10.8. The molecule has 2 aliphatic rings. The Morgan fingerprint density at radius 2 is 2.08 bits per heavy atom. The van der Waals surface area contributed by atoms with Gasteiger partial charge in [0.1, 0.15) is 11.8 Å². The summed E-state index contributed by atoms with van der Waals surface area (Å²) in [5.74, 6) is 0.686. The third kappa shape index (κ3) is 4.20. The molecule has 1 aromatic carbocycles. The lowest BCUT2D eigenvalue weighted by molar-refractivity contribution is -0.925. The van der Waals surface area contributed by atoms with Gasteiger partial charge >= 0.3 is 0 Å². The molecule has 132 valence electrons. The maximum atomic E-state index is 11.6. The molecule has 0 amide bonds. The first-order valence-electron chi connectivity index (χ1n) is 8.21. The van der Waals surface area contributed by atoms with Crippen molar-refractivity contribution in [1.29, 1.82) is 0 Å². The summed E-state index contributed by atoms with van der Waals surface area (Å²) in [6, 6.07) is 6.08. The Hall–Kier alpha value is -0.890. The van der Waals surface area contributed by atoms with Crippen LogP contribution in [-0.2, 0) is 9.84 Å². The highest BCUT2D eigenvalue weighted by molar-refractivity contribution is 7.91. The average Bonchev–Trinajstić information content (AvgIpc) is 2.91. The zero-order chi connectivity index (χ0) is 17.3. The number of sulfone groups is 1. The van der Waals surface area contributed by atoms with Gasteiger partial charge in [0, 0.05) is 17.1 Å². The number of halogens is 1. The zero-order valence-corrected chi connectivity index (χ0v) is 16.1. The van der Waals surface area contributed by atoms with Gasteiger partial charge in [0.2, 0.25) is 0 Å². The van der Waals surface area contributed by atoms with Crippen LogP contribution in [0.5, 0.6) is 0 Å². The maximum Gasteiger partial charge on any atom is 0.173 e. The third-order valence-electron chi connectivity index (χ3n) is 4.93. The van der Waals surface area contributed by atoms with E-state index in [0.717, 1.165) is 48.9 Å². The number of anilines is 1. The van der Waals surface area contributed by atoms with E-state index in [-0.39, 0.29) is 6.04 Å². The SMILES string of the molecule is Cc1ccc(NC(=S)N2CC[NH+]([C@H]3CCS(=O)(=O)C3)CC2)cc1Cl. The molecule has 0 unspecified atom stereocenters. The Morgan fingerprint density at radius 1 is 1.38 bits per heavy atom. The summed E-state index contributed by atoms with van der Waals surface area (Å²) in [7, 11) is -2.81. The molecule has 0 aromatic heterocycles. The number of benzene rings is 1. The highest BCUT2D eigenvalue weighted by Gasteiger charge is 2.37. The van der Waals surface area contributed by atoms with Gasteiger partial charge in [0.05, 0.1) is 31.9 Å². The molecule has 8 heteroatoms. The Kier molecular flexibility index (Phi) is 5.34. The predicted molar refractivity (Wildman–Crippen MR) is 102 cm³/mol. The van der Waals surface area contributed by atoms with E-state index in [1.165, 1.54) is 4.90 Å². The molecule has 2 N–H and O–H groups in total. The van der Waals surface area contributed by atoms with E-state index in [9.17, 15) is 8.42 Å². The topological polar surface area (TPSA) is 53.9 Å². The first kappa shape index (κ1) is 17.9. The van der Waals surface area contributed by atoms with Crippen molar-refractivity contribution in [3.63, 3.8) is 0 Å². The van der Waals surface area contributed by atoms with Gasteiger partial charge in [-0.05, 0) is 36.8 Å². The molecule has 0 aliphatic carbocycles. The number of nitrogens with zero attached hydrogens (tertiary/aromatic N) is 1. The number of rotatable bonds is 2. The average molecular weight is 389 g/mol. The van der Waals surface area contributed by atoms with Gasteiger partial charge in [-0.15, -0.1) is 0 Å². The smallest absolute Gasteiger partial charge is 0.173 e. The van der Waals surface area contributed by atoms with Crippen LogP contribution in [-0.4, -0.2) is 62.2 Å². The van der Waals surface area contributed by atoms with Gasteiger partial charge in [-0.25, -0.2) is 8.42 Å². The van der Waals surface area contributed by atoms with Crippen molar-refractivity contribution in [2.75, 3.05) is 43.0 Å². The van der Waals surface area contributed by atoms with Gasteiger partial charge in [0.15, 0.2) is 14.9 Å². The van der Waals surface area contributed by atoms with Gasteiger partial charge < -0.3 is 15.1 Å². The van der Waals surface area contributed by atoms with E-state index in [4.69, 9.17) is 23.8 Å². The van der Waals surface area contributed by atoms with Crippen LogP contribution in [0.15, 0.2) is 18.2 Å². The minimum atomic E-state index is -2.81. The largest absolute Gasteiger partial charge is 0.338 e. The van der Waals surface area contributed by atoms with Crippen LogP contribution in [0.2, 0.25) is 5.02 Å². The zero-order valence-electron chi connectivity index (χ0n) is 13.7. The second-order valence-electron chi connectivity index (χ2n) is 6.64. The van der Waals surface area contributed by atoms with E-state index in [1.54, 1.807) is 0 Å². The van der Waals surface area contributed by atoms with Crippen molar-refractivity contribution in [1.82, 2.24) is 4.90 Å². The Balaban J connectivity index is 1.52. The Bertz CT molecular complexity index is 731. The number of quaternary nitrogens is 1. The van der Waals surface area contributed by atoms with Gasteiger partial charge in [-0.1, -0.05) is 17.7 Å². The second kappa shape index (κ2) is 7.15. The fourth-order valence-corrected chi connectivity index (χ4v) is 5.70. The summed E-state index contributed by atoms with van der Waals surface area (Å²) >= 11 is 11.7. The fraction of sp³-hybridized carbons (Fsp3) is 0.562. The van der Waals surface area contributed by atoms with Crippen molar-refractivity contribution in [3.05, 3.63) is 28.8 Å². The Labute approximate surface area is 153 Å². The Morgan fingerprint density at radius 3 is 2.67 bits per heavy atom. The van der Waals surface area contributed by atoms with Crippen molar-refractivity contribution >= 4 is 44.5 Å². The monoisotopic (exact) mass is 388 g/mol. The highest BCUT2D eigenvalue weighted by atomic mass is 35.5. The summed E-state index contributed by atoms with van der Waals surface area (Å²) in [4.78, 5) is 3.55. The number of piperazine rings is 1. The lowest BCUT2D eigenvalue weighted by Crippen LogP contribution is -3.18. The van der Waals surface area contributed by atoms with Crippen LogP contribution < -0.4 is 10.2 Å². The van der Waals surface area contributed by atoms with E-state index < -0.39 is 9.84 Å². The van der Waals surface area contributed by atoms with Crippen molar-refractivity contribution < 1.29 is 13.3 Å². The van der Waals surface area contributed by atoms with Crippen molar-refractivity contribution in [3.8, 4) is 0 Å². The quantitative estimate of drug-likeness (QED) is 0.732. The normalized spacial score (nSPS) is 24.1. The van der Waals surface area contributed by atoms with Crippen LogP contribution >= 0.6 is 23.8 Å². The summed E-state index contributed by atoms with van der Waals surface area (Å²) in [6.07, 6.45) is 0.794. The van der Waals surface area contributed by atoms with Gasteiger partial charge in [0.25, 0.3) is 0 Å². The molecule has 2 heterocycles. The summed E-state index contributed by atoms with van der Waals surface area (Å²) in [6.45, 7) is 5.51. The minimum Gasteiger partial charge on any atom is -0.338 e. The van der Waals surface area contributed by atoms with Gasteiger partial charge in [-0.3, -0.25) is 0 Å². The van der Waals surface area contributed by atoms with Crippen LogP contribution in [0.25, 0.3) is 0 Å². The predicted octanol–water partition coefficient (Wildman–Crippen LogP) is 0.733. The number of nitrogens with one attached hydrogen (secondary N) is 2. The number of hydrogen-bond donors (Lipinski definition) is 2. The van der Waals surface area contributed by atoms with E-state index >= 15 is 0 Å². The third-order valence-corrected chi connectivity index (χ3v) is 7.46. The minimum absolute atomic E-state index is 0.259. The molecule has 0 saturated carbocycles. The van der Waals surface area contributed by atoms with Crippen LogP contribution in [0.1, 0.15) is 12.0 Å². The lowest BCUT2D eigenvalue weighted by Gasteiger charge is -2.36. The summed E-state index contributed by atoms with van der Waals surface area (Å²) < 4.78 is 23.3. The molecule has 2 fully saturated rings. The molecule has 0 spiro atoms. The molecule has 1 atom stereocenters. The van der Waals surface area contributed by atoms with Gasteiger partial charge in [-0.2, -0.15) is 0 Å². The van der Waals surface area contributed by atoms with Crippen molar-refractivity contribution in [2.45, 2.75) is 19.4 Å². The molecular weight excluding hydrogens is 366 g/mol. The maximum absolute atomic E-state index is 11.6. The molecular formula is C16H23ClN3O2S2+. The lowest BCUT2D eigenvalue weighted by atomic mass is 10.2. The standard InChI is InChI=1S/C16H22ClN3O2S2/c1-12-2-3-13(10-15(12)17)18-16(23)20-7-5-19(6-8-20)14-4-9-24(21,22)11-14/h2-3,10,14H,4-9,11H2,1H3,(H,18,23)/p+1/t14-/m0/s1. The number of thiocarbonyl (C=S) groups is 1. The molecule has 0 radical (unpaired) electrons. The molecule has 5 nitrogen and oxygen atoms in total. The van der Waals surface area contributed by atoms with Crippen molar-refractivity contribution in [2.24, 2.45) is 0 Å². The van der Waals surface area contributed by atoms with Crippen LogP contribution in [0.4, 0.5) is 5.69 Å². The molecule has 1 aromatic rings. The first-order chi connectivity index (χ1) is 11.3. The van der Waals surface area contributed by atoms with E-state index in [1.807, 2.05) is 25.1 Å². The molecule has 0 bridgehead atoms. The van der Waals surface area contributed by atoms with Crippen LogP contribution in [0, 0.1) is 6.92 Å². The van der Waals surface area contributed by atoms with Crippen LogP contribution in [0.3, 0.4) is 0 Å². The van der Waals surface area contributed by atoms with E-state index in [2.05, 4.69) is 10.2 Å². The molecule has 2 saturated heterocycles. The molecule has 3 rings (SSSR count).